The minimum absolute atomic E-state index is 0.158. The van der Waals surface area contributed by atoms with Crippen molar-refractivity contribution < 1.29 is 19.3 Å². The lowest BCUT2D eigenvalue weighted by molar-refractivity contribution is -0.100. The van der Waals surface area contributed by atoms with E-state index in [1.807, 2.05) is 0 Å². The van der Waals surface area contributed by atoms with Crippen LogP contribution in [0, 0.1) is 0 Å². The van der Waals surface area contributed by atoms with Gasteiger partial charge in [0.05, 0.1) is 18.5 Å². The lowest BCUT2D eigenvalue weighted by Gasteiger charge is -2.24. The zero-order valence-electron chi connectivity index (χ0n) is 10.6. The van der Waals surface area contributed by atoms with E-state index in [2.05, 4.69) is 15.1 Å². The van der Waals surface area contributed by atoms with Crippen molar-refractivity contribution in [1.82, 2.24) is 19.6 Å². The van der Waals surface area contributed by atoms with E-state index in [1.165, 1.54) is 24.0 Å². The molecule has 0 bridgehead atoms. The van der Waals surface area contributed by atoms with Crippen LogP contribution < -0.4 is 5.73 Å². The van der Waals surface area contributed by atoms with E-state index < -0.39 is 30.6 Å². The van der Waals surface area contributed by atoms with Gasteiger partial charge in [-0.15, -0.1) is 0 Å². The molecule has 4 atom stereocenters. The standard InChI is InChI=1S/C11H14FN5O3/c1-11(3-18)8(19)6(12)7(20-11)5-2-14-10-9(13)15-4-16-17(5)10/h2,4,6-8,18-19H,3H2,1H3,(H2,13,15,16). The SMILES string of the molecule is CC1(CO)OC(c2cnc3c(N)ncnn23)C(F)C1O. The quantitative estimate of drug-likeness (QED) is 0.662. The predicted molar refractivity (Wildman–Crippen MR) is 65.4 cm³/mol. The zero-order chi connectivity index (χ0) is 14.5. The van der Waals surface area contributed by atoms with Gasteiger partial charge in [-0.25, -0.2) is 18.9 Å². The van der Waals surface area contributed by atoms with Gasteiger partial charge in [0.1, 0.15) is 24.1 Å². The summed E-state index contributed by atoms with van der Waals surface area (Å²) in [5.74, 6) is 0.158. The molecule has 0 spiro atoms. The predicted octanol–water partition coefficient (Wildman–Crippen LogP) is -0.772. The monoisotopic (exact) mass is 283 g/mol. The highest BCUT2D eigenvalue weighted by Crippen LogP contribution is 2.41. The highest BCUT2D eigenvalue weighted by molar-refractivity contribution is 5.58. The first-order valence-electron chi connectivity index (χ1n) is 6.03. The fraction of sp³-hybridized carbons (Fsp3) is 0.545. The molecule has 0 saturated carbocycles. The van der Waals surface area contributed by atoms with Crippen LogP contribution in [0.2, 0.25) is 0 Å². The molecular weight excluding hydrogens is 269 g/mol. The Morgan fingerprint density at radius 3 is 2.95 bits per heavy atom. The number of aliphatic hydroxyl groups is 2. The number of imidazole rings is 1. The smallest absolute Gasteiger partial charge is 0.196 e. The Morgan fingerprint density at radius 2 is 2.30 bits per heavy atom. The topological polar surface area (TPSA) is 119 Å². The molecule has 3 rings (SSSR count). The molecule has 0 aliphatic carbocycles. The van der Waals surface area contributed by atoms with Gasteiger partial charge in [0.2, 0.25) is 0 Å². The fourth-order valence-electron chi connectivity index (χ4n) is 2.33. The Bertz CT molecular complexity index is 650. The second-order valence-corrected chi connectivity index (χ2v) is 4.96. The fourth-order valence-corrected chi connectivity index (χ4v) is 2.33. The van der Waals surface area contributed by atoms with Crippen molar-refractivity contribution in [3.05, 3.63) is 18.2 Å². The van der Waals surface area contributed by atoms with Crippen LogP contribution in [-0.4, -0.2) is 54.3 Å². The van der Waals surface area contributed by atoms with Gasteiger partial charge in [0.15, 0.2) is 17.6 Å². The van der Waals surface area contributed by atoms with Gasteiger partial charge in [0.25, 0.3) is 0 Å². The van der Waals surface area contributed by atoms with E-state index in [9.17, 15) is 14.6 Å². The summed E-state index contributed by atoms with van der Waals surface area (Å²) in [6.45, 7) is 0.940. The third-order valence-electron chi connectivity index (χ3n) is 3.58. The molecule has 0 radical (unpaired) electrons. The molecule has 1 aliphatic rings. The number of fused-ring (bicyclic) bond motifs is 1. The molecule has 0 amide bonds. The number of aliphatic hydroxyl groups excluding tert-OH is 2. The molecule has 8 nitrogen and oxygen atoms in total. The second kappa shape index (κ2) is 4.33. The van der Waals surface area contributed by atoms with E-state index in [1.54, 1.807) is 0 Å². The second-order valence-electron chi connectivity index (χ2n) is 4.96. The average Bonchev–Trinajstić information content (AvgIpc) is 2.96. The number of halogens is 1. The van der Waals surface area contributed by atoms with Crippen LogP contribution in [0.3, 0.4) is 0 Å². The van der Waals surface area contributed by atoms with E-state index in [-0.39, 0.29) is 11.5 Å². The lowest BCUT2D eigenvalue weighted by atomic mass is 9.98. The largest absolute Gasteiger partial charge is 0.393 e. The first kappa shape index (κ1) is 13.2. The number of ether oxygens (including phenoxy) is 1. The molecule has 3 heterocycles. The maximum absolute atomic E-state index is 14.3. The molecule has 2 aromatic rings. The molecule has 1 aliphatic heterocycles. The van der Waals surface area contributed by atoms with E-state index in [0.717, 1.165) is 0 Å². The summed E-state index contributed by atoms with van der Waals surface area (Å²) in [7, 11) is 0. The average molecular weight is 283 g/mol. The summed E-state index contributed by atoms with van der Waals surface area (Å²) in [4.78, 5) is 7.80. The molecule has 4 unspecified atom stereocenters. The summed E-state index contributed by atoms with van der Waals surface area (Å²) < 4.78 is 21.0. The highest BCUT2D eigenvalue weighted by Gasteiger charge is 2.53. The maximum Gasteiger partial charge on any atom is 0.196 e. The Hall–Kier alpha value is -1.84. The number of alkyl halides is 1. The minimum Gasteiger partial charge on any atom is -0.393 e. The maximum atomic E-state index is 14.3. The number of aromatic nitrogens is 4. The molecule has 4 N–H and O–H groups in total. The molecule has 1 saturated heterocycles. The van der Waals surface area contributed by atoms with Crippen molar-refractivity contribution in [3.63, 3.8) is 0 Å². The number of nitrogens with zero attached hydrogens (tertiary/aromatic N) is 4. The zero-order valence-corrected chi connectivity index (χ0v) is 10.6. The summed E-state index contributed by atoms with van der Waals surface area (Å²) in [5.41, 5.74) is 4.87. The molecule has 9 heteroatoms. The van der Waals surface area contributed by atoms with Gasteiger partial charge in [-0.1, -0.05) is 0 Å². The number of hydrogen-bond donors (Lipinski definition) is 3. The van der Waals surface area contributed by atoms with Gasteiger partial charge in [-0.05, 0) is 6.92 Å². The van der Waals surface area contributed by atoms with Crippen molar-refractivity contribution in [3.8, 4) is 0 Å². The van der Waals surface area contributed by atoms with Crippen molar-refractivity contribution in [2.45, 2.75) is 30.9 Å². The molecule has 2 aromatic heterocycles. The Kier molecular flexibility index (Phi) is 2.85. The summed E-state index contributed by atoms with van der Waals surface area (Å²) >= 11 is 0. The van der Waals surface area contributed by atoms with Crippen molar-refractivity contribution in [2.75, 3.05) is 12.3 Å². The molecule has 108 valence electrons. The van der Waals surface area contributed by atoms with Crippen LogP contribution in [0.15, 0.2) is 12.5 Å². The third kappa shape index (κ3) is 1.67. The number of nitrogens with two attached hydrogens (primary N) is 1. The first-order chi connectivity index (χ1) is 9.48. The third-order valence-corrected chi connectivity index (χ3v) is 3.58. The summed E-state index contributed by atoms with van der Waals surface area (Å²) in [6, 6.07) is 0. The van der Waals surface area contributed by atoms with Gasteiger partial charge >= 0.3 is 0 Å². The summed E-state index contributed by atoms with van der Waals surface area (Å²) in [6.07, 6.45) is -1.65. The highest BCUT2D eigenvalue weighted by atomic mass is 19.1. The van der Waals surface area contributed by atoms with Crippen LogP contribution >= 0.6 is 0 Å². The number of hydrogen-bond acceptors (Lipinski definition) is 7. The van der Waals surface area contributed by atoms with Crippen LogP contribution in [0.25, 0.3) is 5.65 Å². The Morgan fingerprint density at radius 1 is 1.55 bits per heavy atom. The molecule has 0 aromatic carbocycles. The van der Waals surface area contributed by atoms with Crippen LogP contribution in [-0.2, 0) is 4.74 Å². The molecular formula is C11H14FN5O3. The van der Waals surface area contributed by atoms with Gasteiger partial charge in [0, 0.05) is 0 Å². The molecule has 20 heavy (non-hydrogen) atoms. The van der Waals surface area contributed by atoms with Crippen LogP contribution in [0.4, 0.5) is 10.2 Å². The van der Waals surface area contributed by atoms with Crippen LogP contribution in [0.5, 0.6) is 0 Å². The Labute approximate surface area is 113 Å². The lowest BCUT2D eigenvalue weighted by Crippen LogP contribution is -2.42. The summed E-state index contributed by atoms with van der Waals surface area (Å²) in [5, 5.41) is 23.1. The van der Waals surface area contributed by atoms with E-state index in [0.29, 0.717) is 5.69 Å². The normalized spacial score (nSPS) is 33.9. The van der Waals surface area contributed by atoms with Crippen molar-refractivity contribution >= 4 is 11.5 Å². The van der Waals surface area contributed by atoms with Crippen LogP contribution in [0.1, 0.15) is 18.7 Å². The molecule has 1 fully saturated rings. The number of anilines is 1. The Balaban J connectivity index is 2.06. The number of nitrogen functional groups attached to an aromatic ring is 1. The minimum atomic E-state index is -1.71. The first-order valence-corrected chi connectivity index (χ1v) is 6.03. The van der Waals surface area contributed by atoms with E-state index >= 15 is 0 Å². The van der Waals surface area contributed by atoms with Crippen molar-refractivity contribution in [2.24, 2.45) is 0 Å². The van der Waals surface area contributed by atoms with Crippen molar-refractivity contribution in [1.29, 1.82) is 0 Å². The number of rotatable bonds is 2. The van der Waals surface area contributed by atoms with E-state index in [4.69, 9.17) is 10.5 Å². The van der Waals surface area contributed by atoms with Gasteiger partial charge in [-0.3, -0.25) is 0 Å². The van der Waals surface area contributed by atoms with Gasteiger partial charge in [-0.2, -0.15) is 5.10 Å². The van der Waals surface area contributed by atoms with Gasteiger partial charge < -0.3 is 20.7 Å².